The zero-order valence-corrected chi connectivity index (χ0v) is 11.1. The Hall–Kier alpha value is -2.29. The molecule has 1 heterocycles. The van der Waals surface area contributed by atoms with Crippen molar-refractivity contribution in [1.29, 1.82) is 0 Å². The lowest BCUT2D eigenvalue weighted by Crippen LogP contribution is -1.90. The van der Waals surface area contributed by atoms with Crippen molar-refractivity contribution < 1.29 is 4.74 Å². The maximum atomic E-state index is 5.44. The molecule has 3 heteroatoms. The van der Waals surface area contributed by atoms with Gasteiger partial charge in [0.25, 0.3) is 0 Å². The van der Waals surface area contributed by atoms with Crippen LogP contribution in [0.1, 0.15) is 12.5 Å². The number of benzene rings is 2. The van der Waals surface area contributed by atoms with E-state index in [1.807, 2.05) is 37.3 Å². The third-order valence-corrected chi connectivity index (χ3v) is 3.08. The zero-order valence-electron chi connectivity index (χ0n) is 11.1. The molecule has 0 aliphatic carbocycles. The molecule has 0 bridgehead atoms. The van der Waals surface area contributed by atoms with Crippen molar-refractivity contribution in [2.45, 2.75) is 13.8 Å². The first kappa shape index (κ1) is 11.8. The van der Waals surface area contributed by atoms with Gasteiger partial charge < -0.3 is 9.72 Å². The molecule has 0 atom stereocenters. The average molecular weight is 252 g/mol. The van der Waals surface area contributed by atoms with Crippen molar-refractivity contribution >= 4 is 11.0 Å². The van der Waals surface area contributed by atoms with E-state index in [9.17, 15) is 0 Å². The second-order valence-corrected chi connectivity index (χ2v) is 4.56. The van der Waals surface area contributed by atoms with Crippen molar-refractivity contribution in [2.75, 3.05) is 6.61 Å². The van der Waals surface area contributed by atoms with Crippen LogP contribution in [-0.4, -0.2) is 16.6 Å². The number of aromatic nitrogens is 2. The molecular formula is C16H16N2O. The monoisotopic (exact) mass is 252 g/mol. The molecule has 0 saturated heterocycles. The molecule has 3 rings (SSSR count). The molecule has 0 amide bonds. The minimum atomic E-state index is 0.684. The Morgan fingerprint density at radius 3 is 2.63 bits per heavy atom. The molecule has 1 N–H and O–H groups in total. The summed E-state index contributed by atoms with van der Waals surface area (Å²) in [5, 5.41) is 0. The number of nitrogens with one attached hydrogen (secondary N) is 1. The number of fused-ring (bicyclic) bond motifs is 1. The van der Waals surface area contributed by atoms with Crippen molar-refractivity contribution in [3.8, 4) is 17.1 Å². The summed E-state index contributed by atoms with van der Waals surface area (Å²) in [6.07, 6.45) is 0. The molecule has 19 heavy (non-hydrogen) atoms. The Balaban J connectivity index is 1.99. The zero-order chi connectivity index (χ0) is 13.2. The van der Waals surface area contributed by atoms with Gasteiger partial charge in [-0.05, 0) is 55.8 Å². The van der Waals surface area contributed by atoms with Gasteiger partial charge in [-0.2, -0.15) is 0 Å². The Morgan fingerprint density at radius 2 is 1.89 bits per heavy atom. The van der Waals surface area contributed by atoms with Gasteiger partial charge in [-0.25, -0.2) is 4.98 Å². The summed E-state index contributed by atoms with van der Waals surface area (Å²) in [6.45, 7) is 4.75. The van der Waals surface area contributed by atoms with Gasteiger partial charge in [-0.3, -0.25) is 0 Å². The van der Waals surface area contributed by atoms with E-state index >= 15 is 0 Å². The fraction of sp³-hybridized carbons (Fsp3) is 0.188. The topological polar surface area (TPSA) is 37.9 Å². The fourth-order valence-electron chi connectivity index (χ4n) is 2.14. The molecule has 3 nitrogen and oxygen atoms in total. The molecule has 96 valence electrons. The quantitative estimate of drug-likeness (QED) is 0.766. The van der Waals surface area contributed by atoms with Crippen molar-refractivity contribution in [3.63, 3.8) is 0 Å². The Bertz CT molecular complexity index is 698. The smallest absolute Gasteiger partial charge is 0.138 e. The third kappa shape index (κ3) is 2.32. The second-order valence-electron chi connectivity index (χ2n) is 4.56. The first-order chi connectivity index (χ1) is 9.26. The largest absolute Gasteiger partial charge is 0.494 e. The standard InChI is InChI=1S/C16H16N2O/c1-3-19-13-7-5-12(6-8-13)16-17-14-9-4-11(2)10-15(14)18-16/h4-10H,3H2,1-2H3,(H,17,18). The third-order valence-electron chi connectivity index (χ3n) is 3.08. The average Bonchev–Trinajstić information content (AvgIpc) is 2.83. The highest BCUT2D eigenvalue weighted by Gasteiger charge is 2.05. The fourth-order valence-corrected chi connectivity index (χ4v) is 2.14. The first-order valence-electron chi connectivity index (χ1n) is 6.46. The van der Waals surface area contributed by atoms with Crippen LogP contribution in [0.25, 0.3) is 22.4 Å². The first-order valence-corrected chi connectivity index (χ1v) is 6.46. The molecule has 0 radical (unpaired) electrons. The Labute approximate surface area is 112 Å². The molecule has 0 aliphatic rings. The maximum Gasteiger partial charge on any atom is 0.138 e. The second kappa shape index (κ2) is 4.76. The van der Waals surface area contributed by atoms with Crippen LogP contribution in [-0.2, 0) is 0 Å². The minimum absolute atomic E-state index is 0.684. The minimum Gasteiger partial charge on any atom is -0.494 e. The van der Waals surface area contributed by atoms with Gasteiger partial charge in [0.15, 0.2) is 0 Å². The lowest BCUT2D eigenvalue weighted by Gasteiger charge is -2.02. The van der Waals surface area contributed by atoms with Crippen LogP contribution < -0.4 is 4.74 Å². The van der Waals surface area contributed by atoms with Gasteiger partial charge in [-0.1, -0.05) is 6.07 Å². The lowest BCUT2D eigenvalue weighted by molar-refractivity contribution is 0.340. The molecular weight excluding hydrogens is 236 g/mol. The summed E-state index contributed by atoms with van der Waals surface area (Å²) in [5.41, 5.74) is 4.37. The van der Waals surface area contributed by atoms with Crippen LogP contribution >= 0.6 is 0 Å². The van der Waals surface area contributed by atoms with Gasteiger partial charge in [-0.15, -0.1) is 0 Å². The van der Waals surface area contributed by atoms with E-state index in [0.29, 0.717) is 6.61 Å². The van der Waals surface area contributed by atoms with Crippen LogP contribution in [0.5, 0.6) is 5.75 Å². The van der Waals surface area contributed by atoms with Gasteiger partial charge in [0.05, 0.1) is 17.6 Å². The van der Waals surface area contributed by atoms with Crippen LogP contribution in [0, 0.1) is 6.92 Å². The summed E-state index contributed by atoms with van der Waals surface area (Å²) in [6, 6.07) is 14.2. The Kier molecular flexibility index (Phi) is 2.95. The normalized spacial score (nSPS) is 10.8. The summed E-state index contributed by atoms with van der Waals surface area (Å²) >= 11 is 0. The van der Waals surface area contributed by atoms with Gasteiger partial charge >= 0.3 is 0 Å². The summed E-state index contributed by atoms with van der Waals surface area (Å²) in [5.74, 6) is 1.78. The number of hydrogen-bond donors (Lipinski definition) is 1. The van der Waals surface area contributed by atoms with E-state index in [0.717, 1.165) is 28.2 Å². The van der Waals surface area contributed by atoms with Crippen LogP contribution in [0.3, 0.4) is 0 Å². The van der Waals surface area contributed by atoms with Crippen LogP contribution in [0.2, 0.25) is 0 Å². The van der Waals surface area contributed by atoms with Gasteiger partial charge in [0.1, 0.15) is 11.6 Å². The van der Waals surface area contributed by atoms with Gasteiger partial charge in [0, 0.05) is 5.56 Å². The SMILES string of the molecule is CCOc1ccc(-c2nc3ccc(C)cc3[nH]2)cc1. The van der Waals surface area contributed by atoms with E-state index in [-0.39, 0.29) is 0 Å². The Morgan fingerprint density at radius 1 is 1.11 bits per heavy atom. The van der Waals surface area contributed by atoms with E-state index in [1.165, 1.54) is 5.56 Å². The van der Waals surface area contributed by atoms with Crippen molar-refractivity contribution in [3.05, 3.63) is 48.0 Å². The van der Waals surface area contributed by atoms with E-state index < -0.39 is 0 Å². The molecule has 0 aliphatic heterocycles. The molecule has 0 saturated carbocycles. The number of imidazole rings is 1. The van der Waals surface area contributed by atoms with E-state index in [1.54, 1.807) is 0 Å². The highest BCUT2D eigenvalue weighted by atomic mass is 16.5. The van der Waals surface area contributed by atoms with Crippen LogP contribution in [0.4, 0.5) is 0 Å². The number of nitrogens with zero attached hydrogens (tertiary/aromatic N) is 1. The number of rotatable bonds is 3. The molecule has 0 unspecified atom stereocenters. The van der Waals surface area contributed by atoms with Crippen LogP contribution in [0.15, 0.2) is 42.5 Å². The molecule has 0 spiro atoms. The lowest BCUT2D eigenvalue weighted by atomic mass is 10.2. The molecule has 2 aromatic carbocycles. The maximum absolute atomic E-state index is 5.44. The highest BCUT2D eigenvalue weighted by molar-refractivity contribution is 5.80. The predicted octanol–water partition coefficient (Wildman–Crippen LogP) is 3.94. The number of H-pyrrole nitrogens is 1. The number of aryl methyl sites for hydroxylation is 1. The summed E-state index contributed by atoms with van der Waals surface area (Å²) in [7, 11) is 0. The number of ether oxygens (including phenoxy) is 1. The molecule has 1 aromatic heterocycles. The number of hydrogen-bond acceptors (Lipinski definition) is 2. The van der Waals surface area contributed by atoms with Gasteiger partial charge in [0.2, 0.25) is 0 Å². The predicted molar refractivity (Wildman–Crippen MR) is 77.4 cm³/mol. The molecule has 3 aromatic rings. The highest BCUT2D eigenvalue weighted by Crippen LogP contribution is 2.23. The van der Waals surface area contributed by atoms with Crippen molar-refractivity contribution in [2.24, 2.45) is 0 Å². The van der Waals surface area contributed by atoms with E-state index in [4.69, 9.17) is 4.74 Å². The molecule has 0 fully saturated rings. The number of aromatic amines is 1. The van der Waals surface area contributed by atoms with Crippen molar-refractivity contribution in [1.82, 2.24) is 9.97 Å². The summed E-state index contributed by atoms with van der Waals surface area (Å²) in [4.78, 5) is 7.96. The summed E-state index contributed by atoms with van der Waals surface area (Å²) < 4.78 is 5.44. The van der Waals surface area contributed by atoms with E-state index in [2.05, 4.69) is 29.0 Å².